The van der Waals surface area contributed by atoms with Gasteiger partial charge in [-0.2, -0.15) is 0 Å². The fourth-order valence-corrected chi connectivity index (χ4v) is 7.27. The van der Waals surface area contributed by atoms with Gasteiger partial charge in [-0.05, 0) is 105 Å². The highest BCUT2D eigenvalue weighted by Gasteiger charge is 2.48. The average Bonchev–Trinajstić information content (AvgIpc) is 2.88. The number of rotatable bonds is 12. The van der Waals surface area contributed by atoms with Crippen molar-refractivity contribution in [2.45, 2.75) is 140 Å². The zero-order valence-corrected chi connectivity index (χ0v) is 21.8. The molecule has 1 aromatic carbocycles. The lowest BCUT2D eigenvalue weighted by Gasteiger charge is -2.54. The first-order chi connectivity index (χ1) is 16.2. The van der Waals surface area contributed by atoms with Gasteiger partial charge in [-0.15, -0.1) is 0 Å². The van der Waals surface area contributed by atoms with E-state index in [0.717, 1.165) is 18.9 Å². The summed E-state index contributed by atoms with van der Waals surface area (Å²) in [5, 5.41) is 0. The third-order valence-corrected chi connectivity index (χ3v) is 9.71. The van der Waals surface area contributed by atoms with E-state index >= 15 is 0 Å². The van der Waals surface area contributed by atoms with Gasteiger partial charge in [0.1, 0.15) is 0 Å². The number of unbranched alkanes of at least 4 members (excludes halogenated alkanes) is 4. The maximum Gasteiger partial charge on any atom is 0.0651 e. The van der Waals surface area contributed by atoms with Crippen molar-refractivity contribution in [1.82, 2.24) is 0 Å². The van der Waals surface area contributed by atoms with Crippen molar-refractivity contribution >= 4 is 0 Å². The van der Waals surface area contributed by atoms with E-state index in [2.05, 4.69) is 50.3 Å². The molecule has 1 heteroatoms. The van der Waals surface area contributed by atoms with E-state index in [1.165, 1.54) is 103 Å². The molecule has 5 rings (SSSR count). The maximum atomic E-state index is 6.06. The number of ether oxygens (including phenoxy) is 1. The lowest BCUT2D eigenvalue weighted by atomic mass is 9.51. The predicted molar refractivity (Wildman–Crippen MR) is 142 cm³/mol. The first-order valence-electron chi connectivity index (χ1n) is 14.6. The third-order valence-electron chi connectivity index (χ3n) is 9.71. The highest BCUT2D eigenvalue weighted by molar-refractivity contribution is 5.33. The molecular weight excluding hydrogens is 400 g/mol. The van der Waals surface area contributed by atoms with E-state index < -0.39 is 0 Å². The minimum absolute atomic E-state index is 0.470. The molecule has 4 aliphatic carbocycles. The molecule has 1 aromatic rings. The van der Waals surface area contributed by atoms with Gasteiger partial charge in [-0.3, -0.25) is 0 Å². The van der Waals surface area contributed by atoms with E-state index in [4.69, 9.17) is 4.74 Å². The Bertz CT molecular complexity index is 697. The van der Waals surface area contributed by atoms with Gasteiger partial charge in [-0.25, -0.2) is 0 Å². The SMILES string of the molecule is CC/C=C/COC1CCC(c2ccc(C34CCC(CCCCCCC)(CC3)CC4)cc2)CC1. The molecule has 0 amide bonds. The quantitative estimate of drug-likeness (QED) is 0.227. The molecule has 4 fully saturated rings. The first-order valence-corrected chi connectivity index (χ1v) is 14.6. The van der Waals surface area contributed by atoms with Crippen LogP contribution in [-0.4, -0.2) is 12.7 Å². The summed E-state index contributed by atoms with van der Waals surface area (Å²) < 4.78 is 6.06. The van der Waals surface area contributed by atoms with Gasteiger partial charge in [0.05, 0.1) is 12.7 Å². The monoisotopic (exact) mass is 450 g/mol. The average molecular weight is 451 g/mol. The lowest BCUT2D eigenvalue weighted by Crippen LogP contribution is -2.44. The van der Waals surface area contributed by atoms with Crippen molar-refractivity contribution in [3.8, 4) is 0 Å². The van der Waals surface area contributed by atoms with Gasteiger partial charge in [0.15, 0.2) is 0 Å². The van der Waals surface area contributed by atoms with Gasteiger partial charge in [0, 0.05) is 0 Å². The Labute approximate surface area is 204 Å². The Hall–Kier alpha value is -1.08. The van der Waals surface area contributed by atoms with Crippen LogP contribution in [0.2, 0.25) is 0 Å². The normalized spacial score (nSPS) is 31.9. The Morgan fingerprint density at radius 3 is 2.09 bits per heavy atom. The van der Waals surface area contributed by atoms with E-state index in [0.29, 0.717) is 16.9 Å². The van der Waals surface area contributed by atoms with Crippen LogP contribution in [0.15, 0.2) is 36.4 Å². The summed E-state index contributed by atoms with van der Waals surface area (Å²) in [7, 11) is 0. The third kappa shape index (κ3) is 6.33. The number of hydrogen-bond donors (Lipinski definition) is 0. The van der Waals surface area contributed by atoms with Gasteiger partial charge in [0.25, 0.3) is 0 Å². The van der Waals surface area contributed by atoms with E-state index in [-0.39, 0.29) is 0 Å². The Balaban J connectivity index is 1.25. The standard InChI is InChI=1S/C32H50O/c1-3-5-7-8-9-19-31-20-23-32(24-21-31,25-22-31)29-15-11-27(12-16-29)28-13-17-30(18-14-28)33-26-10-6-4-2/h6,10-12,15-16,28,30H,3-5,7-9,13-14,17-26H2,1-2H3/b10-6+. The smallest absolute Gasteiger partial charge is 0.0651 e. The molecule has 0 N–H and O–H groups in total. The molecule has 0 atom stereocenters. The highest BCUT2D eigenvalue weighted by Crippen LogP contribution is 2.59. The highest BCUT2D eigenvalue weighted by atomic mass is 16.5. The molecule has 184 valence electrons. The van der Waals surface area contributed by atoms with Crippen LogP contribution in [0.25, 0.3) is 0 Å². The topological polar surface area (TPSA) is 9.23 Å². The number of allylic oxidation sites excluding steroid dienone is 1. The molecule has 0 unspecified atom stereocenters. The summed E-state index contributed by atoms with van der Waals surface area (Å²) >= 11 is 0. The Kier molecular flexibility index (Phi) is 9.14. The Morgan fingerprint density at radius 1 is 0.788 bits per heavy atom. The van der Waals surface area contributed by atoms with Crippen LogP contribution in [0.1, 0.15) is 140 Å². The van der Waals surface area contributed by atoms with Gasteiger partial charge < -0.3 is 4.74 Å². The molecule has 0 radical (unpaired) electrons. The van der Waals surface area contributed by atoms with Crippen LogP contribution in [0, 0.1) is 5.41 Å². The number of hydrogen-bond acceptors (Lipinski definition) is 1. The largest absolute Gasteiger partial charge is 0.374 e. The van der Waals surface area contributed by atoms with Crippen LogP contribution < -0.4 is 0 Å². The number of benzene rings is 1. The van der Waals surface area contributed by atoms with Gasteiger partial charge in [0.2, 0.25) is 0 Å². The van der Waals surface area contributed by atoms with Crippen molar-refractivity contribution in [2.24, 2.45) is 5.41 Å². The second-order valence-corrected chi connectivity index (χ2v) is 11.8. The summed E-state index contributed by atoms with van der Waals surface area (Å²) in [4.78, 5) is 0. The summed E-state index contributed by atoms with van der Waals surface area (Å²) in [5.41, 5.74) is 4.44. The van der Waals surface area contributed by atoms with Crippen molar-refractivity contribution in [3.05, 3.63) is 47.5 Å². The van der Waals surface area contributed by atoms with Crippen LogP contribution in [0.5, 0.6) is 0 Å². The molecule has 0 aromatic heterocycles. The van der Waals surface area contributed by atoms with Gasteiger partial charge >= 0.3 is 0 Å². The van der Waals surface area contributed by atoms with Crippen molar-refractivity contribution in [2.75, 3.05) is 6.61 Å². The predicted octanol–water partition coefficient (Wildman–Crippen LogP) is 9.65. The zero-order valence-electron chi connectivity index (χ0n) is 21.8. The zero-order chi connectivity index (χ0) is 23.0. The van der Waals surface area contributed by atoms with E-state index in [1.54, 1.807) is 11.1 Å². The molecular formula is C32H50O. The summed E-state index contributed by atoms with van der Waals surface area (Å²) in [6.07, 6.45) is 28.4. The fraction of sp³-hybridized carbons (Fsp3) is 0.750. The second-order valence-electron chi connectivity index (χ2n) is 11.8. The maximum absolute atomic E-state index is 6.06. The van der Waals surface area contributed by atoms with Gasteiger partial charge in [-0.1, -0.05) is 82.4 Å². The number of fused-ring (bicyclic) bond motifs is 3. The molecule has 4 saturated carbocycles. The van der Waals surface area contributed by atoms with E-state index in [9.17, 15) is 0 Å². The summed E-state index contributed by atoms with van der Waals surface area (Å²) in [6, 6.07) is 10.0. The molecule has 0 heterocycles. The summed E-state index contributed by atoms with van der Waals surface area (Å²) in [6.45, 7) is 5.29. The van der Waals surface area contributed by atoms with Crippen LogP contribution in [0.4, 0.5) is 0 Å². The molecule has 4 aliphatic rings. The lowest BCUT2D eigenvalue weighted by molar-refractivity contribution is 0.0304. The molecule has 0 aliphatic heterocycles. The minimum atomic E-state index is 0.470. The Morgan fingerprint density at radius 2 is 1.45 bits per heavy atom. The first kappa shape index (κ1) is 25.0. The van der Waals surface area contributed by atoms with Crippen molar-refractivity contribution in [1.29, 1.82) is 0 Å². The summed E-state index contributed by atoms with van der Waals surface area (Å²) in [5.74, 6) is 0.737. The minimum Gasteiger partial charge on any atom is -0.374 e. The van der Waals surface area contributed by atoms with Crippen molar-refractivity contribution in [3.63, 3.8) is 0 Å². The van der Waals surface area contributed by atoms with Crippen LogP contribution in [-0.2, 0) is 10.2 Å². The van der Waals surface area contributed by atoms with E-state index in [1.807, 2.05) is 0 Å². The van der Waals surface area contributed by atoms with Crippen molar-refractivity contribution < 1.29 is 4.74 Å². The molecule has 33 heavy (non-hydrogen) atoms. The fourth-order valence-electron chi connectivity index (χ4n) is 7.27. The molecule has 0 spiro atoms. The molecule has 0 saturated heterocycles. The van der Waals surface area contributed by atoms with Crippen LogP contribution in [0.3, 0.4) is 0 Å². The second kappa shape index (κ2) is 12.1. The molecule has 1 nitrogen and oxygen atoms in total. The molecule has 2 bridgehead atoms. The van der Waals surface area contributed by atoms with Crippen LogP contribution >= 0.6 is 0 Å².